The van der Waals surface area contributed by atoms with Gasteiger partial charge in [0.1, 0.15) is 17.9 Å². The summed E-state index contributed by atoms with van der Waals surface area (Å²) in [5, 5.41) is 9.70. The highest BCUT2D eigenvalue weighted by Gasteiger charge is 2.31. The third kappa shape index (κ3) is 7.95. The Morgan fingerprint density at radius 2 is 1.80 bits per heavy atom. The monoisotopic (exact) mass is 566 g/mol. The summed E-state index contributed by atoms with van der Waals surface area (Å²) in [7, 11) is 0. The predicted octanol–water partition coefficient (Wildman–Crippen LogP) is 7.11. The fourth-order valence-electron chi connectivity index (χ4n) is 3.93. The van der Waals surface area contributed by atoms with Gasteiger partial charge in [0.2, 0.25) is 0 Å². The molecule has 40 heavy (non-hydrogen) atoms. The van der Waals surface area contributed by atoms with Crippen LogP contribution in [0.5, 0.6) is 5.75 Å². The number of thioether (sulfide) groups is 1. The summed E-state index contributed by atoms with van der Waals surface area (Å²) in [6.07, 6.45) is -0.743. The van der Waals surface area contributed by atoms with Gasteiger partial charge in [-0.15, -0.1) is 18.3 Å². The van der Waals surface area contributed by atoms with Crippen molar-refractivity contribution in [1.82, 2.24) is 0 Å². The smallest absolute Gasteiger partial charge is 0.406 e. The van der Waals surface area contributed by atoms with E-state index in [4.69, 9.17) is 5.73 Å². The molecule has 1 aliphatic heterocycles. The molecule has 0 aromatic heterocycles. The first-order valence-corrected chi connectivity index (χ1v) is 13.6. The van der Waals surface area contributed by atoms with E-state index < -0.39 is 6.36 Å². The van der Waals surface area contributed by atoms with E-state index in [0.717, 1.165) is 29.4 Å². The molecule has 0 bridgehead atoms. The Kier molecular flexibility index (Phi) is 9.60. The predicted molar refractivity (Wildman–Crippen MR) is 158 cm³/mol. The summed E-state index contributed by atoms with van der Waals surface area (Å²) in [6, 6.07) is 20.9. The number of benzene rings is 3. The summed E-state index contributed by atoms with van der Waals surface area (Å²) in [5.74, 6) is 1.33. The van der Waals surface area contributed by atoms with Crippen molar-refractivity contribution in [1.29, 1.82) is 0 Å². The van der Waals surface area contributed by atoms with E-state index in [1.54, 1.807) is 18.0 Å². The lowest BCUT2D eigenvalue weighted by Crippen LogP contribution is -2.25. The number of alkyl halides is 3. The third-order valence-corrected chi connectivity index (χ3v) is 7.13. The zero-order chi connectivity index (χ0) is 28.5. The second kappa shape index (κ2) is 13.3. The number of amidine groups is 2. The first-order chi connectivity index (χ1) is 19.2. The van der Waals surface area contributed by atoms with Crippen LogP contribution < -0.4 is 15.4 Å². The molecule has 1 heterocycles. The van der Waals surface area contributed by atoms with Gasteiger partial charge in [0.25, 0.3) is 0 Å². The van der Waals surface area contributed by atoms with E-state index in [0.29, 0.717) is 17.2 Å². The van der Waals surface area contributed by atoms with E-state index >= 15 is 0 Å². The molecule has 0 saturated carbocycles. The number of halogens is 3. The van der Waals surface area contributed by atoms with Crippen LogP contribution in [0.3, 0.4) is 0 Å². The minimum atomic E-state index is -4.74. The number of aliphatic imine (C=N–C) groups is 2. The third-order valence-electron chi connectivity index (χ3n) is 6.18. The van der Waals surface area contributed by atoms with Gasteiger partial charge >= 0.3 is 6.36 Å². The average molecular weight is 567 g/mol. The molecule has 4 rings (SSSR count). The largest absolute Gasteiger partial charge is 0.573 e. The standard InChI is InChI=1S/C29H29F3N6OS/c1-3-20(2)25-6-4-5-7-26(25)38-16-17-40-28(38)37-36-18-21-8-10-22(11-9-21)27(33)35-19-34-23-12-14-24(15-13-23)39-29(30,31)32/h4-15,18-20H,3,16-17H2,1-2H3,(H2,33,34,35)/b36-18+,37-28-. The quantitative estimate of drug-likeness (QED) is 0.170. The number of anilines is 1. The van der Waals surface area contributed by atoms with Gasteiger partial charge in [0.05, 0.1) is 11.9 Å². The van der Waals surface area contributed by atoms with Crippen molar-refractivity contribution < 1.29 is 17.9 Å². The second-order valence-electron chi connectivity index (χ2n) is 8.92. The summed E-state index contributed by atoms with van der Waals surface area (Å²) in [6.45, 7) is 5.32. The van der Waals surface area contributed by atoms with E-state index in [9.17, 15) is 13.2 Å². The van der Waals surface area contributed by atoms with Gasteiger partial charge in [0.15, 0.2) is 5.17 Å². The fourth-order valence-corrected chi connectivity index (χ4v) is 4.84. The van der Waals surface area contributed by atoms with Gasteiger partial charge < -0.3 is 15.4 Å². The van der Waals surface area contributed by atoms with Gasteiger partial charge in [-0.25, -0.2) is 9.98 Å². The SMILES string of the molecule is CCC(C)c1ccccc1N1CCS/C1=N\N=C\c1ccc(C(N)=NC=Nc2ccc(OC(F)(F)F)cc2)cc1. The van der Waals surface area contributed by atoms with Crippen LogP contribution in [0.15, 0.2) is 93.0 Å². The molecule has 1 saturated heterocycles. The molecular formula is C29H29F3N6OS. The molecule has 0 aliphatic carbocycles. The lowest BCUT2D eigenvalue weighted by Gasteiger charge is -2.23. The molecule has 2 N–H and O–H groups in total. The zero-order valence-corrected chi connectivity index (χ0v) is 22.9. The Labute approximate surface area is 235 Å². The van der Waals surface area contributed by atoms with Gasteiger partial charge in [-0.3, -0.25) is 0 Å². The number of nitrogens with zero attached hydrogens (tertiary/aromatic N) is 5. The Morgan fingerprint density at radius 3 is 2.50 bits per heavy atom. The van der Waals surface area contributed by atoms with Crippen LogP contribution in [-0.4, -0.2) is 42.2 Å². The number of rotatable bonds is 9. The summed E-state index contributed by atoms with van der Waals surface area (Å²) in [5.41, 5.74) is 10.5. The van der Waals surface area contributed by atoms with Crippen LogP contribution in [0.2, 0.25) is 0 Å². The van der Waals surface area contributed by atoms with Crippen LogP contribution in [0.4, 0.5) is 24.5 Å². The van der Waals surface area contributed by atoms with Crippen molar-refractivity contribution in [3.63, 3.8) is 0 Å². The maximum absolute atomic E-state index is 12.3. The lowest BCUT2D eigenvalue weighted by molar-refractivity contribution is -0.274. The Morgan fingerprint density at radius 1 is 1.07 bits per heavy atom. The maximum atomic E-state index is 12.3. The van der Waals surface area contributed by atoms with E-state index in [1.165, 1.54) is 41.9 Å². The van der Waals surface area contributed by atoms with Crippen LogP contribution in [0, 0.1) is 0 Å². The molecule has 0 spiro atoms. The van der Waals surface area contributed by atoms with Gasteiger partial charge in [-0.2, -0.15) is 5.10 Å². The Hall–Kier alpha value is -4.12. The highest BCUT2D eigenvalue weighted by molar-refractivity contribution is 8.14. The van der Waals surface area contributed by atoms with E-state index in [-0.39, 0.29) is 11.6 Å². The number of para-hydroxylation sites is 1. The summed E-state index contributed by atoms with van der Waals surface area (Å²) in [4.78, 5) is 10.4. The molecule has 208 valence electrons. The molecule has 1 unspecified atom stereocenters. The molecule has 1 fully saturated rings. The number of hydrogen-bond acceptors (Lipinski definition) is 5. The van der Waals surface area contributed by atoms with Crippen molar-refractivity contribution in [2.24, 2.45) is 25.9 Å². The molecule has 11 heteroatoms. The highest BCUT2D eigenvalue weighted by Crippen LogP contribution is 2.33. The topological polar surface area (TPSA) is 87.9 Å². The highest BCUT2D eigenvalue weighted by atomic mass is 32.2. The number of hydrogen-bond donors (Lipinski definition) is 1. The van der Waals surface area contributed by atoms with E-state index in [1.807, 2.05) is 24.3 Å². The van der Waals surface area contributed by atoms with Crippen molar-refractivity contribution in [2.45, 2.75) is 32.5 Å². The average Bonchev–Trinajstić information content (AvgIpc) is 3.41. The molecule has 7 nitrogen and oxygen atoms in total. The van der Waals surface area contributed by atoms with Crippen LogP contribution in [0.25, 0.3) is 0 Å². The molecule has 3 aromatic rings. The van der Waals surface area contributed by atoms with Gasteiger partial charge in [-0.1, -0.05) is 68.1 Å². The lowest BCUT2D eigenvalue weighted by atomic mass is 9.96. The van der Waals surface area contributed by atoms with Gasteiger partial charge in [-0.05, 0) is 53.8 Å². The van der Waals surface area contributed by atoms with Crippen molar-refractivity contribution >= 4 is 46.7 Å². The molecule has 3 aromatic carbocycles. The first-order valence-electron chi connectivity index (χ1n) is 12.7. The summed E-state index contributed by atoms with van der Waals surface area (Å²) < 4.78 is 40.6. The van der Waals surface area contributed by atoms with Crippen LogP contribution in [0.1, 0.15) is 42.9 Å². The molecule has 1 atom stereocenters. The zero-order valence-electron chi connectivity index (χ0n) is 22.0. The Balaban J connectivity index is 1.37. The molecule has 0 amide bonds. The van der Waals surface area contributed by atoms with Crippen LogP contribution in [-0.2, 0) is 0 Å². The first kappa shape index (κ1) is 28.9. The normalized spacial score (nSPS) is 16.4. The number of ether oxygens (including phenoxy) is 1. The van der Waals surface area contributed by atoms with Crippen molar-refractivity contribution in [3.05, 3.63) is 89.5 Å². The van der Waals surface area contributed by atoms with E-state index in [2.05, 4.69) is 67.9 Å². The minimum Gasteiger partial charge on any atom is -0.406 e. The Bertz CT molecular complexity index is 1400. The maximum Gasteiger partial charge on any atom is 0.573 e. The van der Waals surface area contributed by atoms with Crippen LogP contribution >= 0.6 is 11.8 Å². The second-order valence-corrected chi connectivity index (χ2v) is 9.98. The van der Waals surface area contributed by atoms with Crippen molar-refractivity contribution in [3.8, 4) is 5.75 Å². The van der Waals surface area contributed by atoms with Crippen molar-refractivity contribution in [2.75, 3.05) is 17.2 Å². The molecule has 0 radical (unpaired) electrons. The molecule has 1 aliphatic rings. The fraction of sp³-hybridized carbons (Fsp3) is 0.241. The minimum absolute atomic E-state index is 0.238. The summed E-state index contributed by atoms with van der Waals surface area (Å²) >= 11 is 1.69. The number of nitrogens with two attached hydrogens (primary N) is 1. The molecular weight excluding hydrogens is 537 g/mol. The van der Waals surface area contributed by atoms with Gasteiger partial charge in [0, 0.05) is 23.5 Å².